The van der Waals surface area contributed by atoms with Crippen molar-refractivity contribution in [3.05, 3.63) is 71.3 Å². The molecule has 0 amide bonds. The number of benzene rings is 2. The molecule has 0 fully saturated rings. The molecule has 0 aliphatic heterocycles. The largest absolute Gasteiger partial charge is 0.482 e. The fourth-order valence-electron chi connectivity index (χ4n) is 1.90. The zero-order chi connectivity index (χ0) is 17.4. The fraction of sp³-hybridized carbons (Fsp3) is 0.105. The first-order valence-corrected chi connectivity index (χ1v) is 7.14. The van der Waals surface area contributed by atoms with Crippen molar-refractivity contribution in [2.45, 2.75) is 0 Å². The van der Waals surface area contributed by atoms with E-state index in [0.717, 1.165) is 5.56 Å². The molecule has 0 saturated carbocycles. The predicted octanol–water partition coefficient (Wildman–Crippen LogP) is 3.01. The van der Waals surface area contributed by atoms with Gasteiger partial charge in [-0.25, -0.2) is 4.79 Å². The van der Waals surface area contributed by atoms with Crippen molar-refractivity contribution >= 4 is 17.8 Å². The maximum atomic E-state index is 12.1. The van der Waals surface area contributed by atoms with Crippen LogP contribution in [-0.4, -0.2) is 25.5 Å². The quantitative estimate of drug-likeness (QED) is 0.464. The van der Waals surface area contributed by atoms with Gasteiger partial charge in [0.25, 0.3) is 0 Å². The second-order valence-corrected chi connectivity index (χ2v) is 4.82. The van der Waals surface area contributed by atoms with E-state index >= 15 is 0 Å². The Bertz CT molecular complexity index is 801. The van der Waals surface area contributed by atoms with Gasteiger partial charge in [-0.15, -0.1) is 0 Å². The number of nitrogens with zero attached hydrogens (tertiary/aromatic N) is 1. The van der Waals surface area contributed by atoms with Crippen molar-refractivity contribution in [2.24, 2.45) is 0 Å². The molecule has 0 aliphatic carbocycles. The van der Waals surface area contributed by atoms with Crippen molar-refractivity contribution in [3.8, 4) is 11.8 Å². The van der Waals surface area contributed by atoms with Gasteiger partial charge in [0, 0.05) is 5.56 Å². The minimum Gasteiger partial charge on any atom is -0.482 e. The van der Waals surface area contributed by atoms with E-state index in [2.05, 4.69) is 10.8 Å². The number of rotatable bonds is 6. The van der Waals surface area contributed by atoms with Crippen LogP contribution >= 0.6 is 0 Å². The normalized spacial score (nSPS) is 10.2. The van der Waals surface area contributed by atoms with Crippen LogP contribution in [-0.2, 0) is 9.53 Å². The number of hydrogen-bond donors (Lipinski definition) is 0. The molecule has 0 aliphatic rings. The Kier molecular flexibility index (Phi) is 5.87. The Morgan fingerprint density at radius 3 is 2.58 bits per heavy atom. The van der Waals surface area contributed by atoms with Gasteiger partial charge in [-0.2, -0.15) is 5.26 Å². The van der Waals surface area contributed by atoms with Gasteiger partial charge in [-0.05, 0) is 48.0 Å². The van der Waals surface area contributed by atoms with Crippen molar-refractivity contribution in [2.75, 3.05) is 13.7 Å². The molecule has 0 saturated heterocycles. The van der Waals surface area contributed by atoms with Crippen molar-refractivity contribution in [1.82, 2.24) is 0 Å². The Morgan fingerprint density at radius 2 is 1.92 bits per heavy atom. The third kappa shape index (κ3) is 4.82. The summed E-state index contributed by atoms with van der Waals surface area (Å²) in [6.45, 7) is -0.182. The Morgan fingerprint density at radius 1 is 1.17 bits per heavy atom. The summed E-state index contributed by atoms with van der Waals surface area (Å²) in [5.41, 5.74) is 1.81. The minimum absolute atomic E-state index is 0.170. The monoisotopic (exact) mass is 321 g/mol. The highest BCUT2D eigenvalue weighted by Crippen LogP contribution is 2.14. The lowest BCUT2D eigenvalue weighted by atomic mass is 10.1. The first-order valence-electron chi connectivity index (χ1n) is 7.14. The van der Waals surface area contributed by atoms with Gasteiger partial charge in [-0.3, -0.25) is 4.79 Å². The topological polar surface area (TPSA) is 76.4 Å². The summed E-state index contributed by atoms with van der Waals surface area (Å²) in [6, 6.07) is 15.5. The van der Waals surface area contributed by atoms with Gasteiger partial charge in [0.1, 0.15) is 5.75 Å². The highest BCUT2D eigenvalue weighted by Gasteiger charge is 2.04. The molecule has 0 unspecified atom stereocenters. The van der Waals surface area contributed by atoms with Crippen LogP contribution in [0.2, 0.25) is 0 Å². The maximum Gasteiger partial charge on any atom is 0.343 e. The van der Waals surface area contributed by atoms with E-state index < -0.39 is 5.97 Å². The molecule has 0 spiro atoms. The summed E-state index contributed by atoms with van der Waals surface area (Å²) < 4.78 is 9.69. The molecule has 0 N–H and O–H groups in total. The molecule has 120 valence electrons. The van der Waals surface area contributed by atoms with Gasteiger partial charge in [0.15, 0.2) is 12.4 Å². The maximum absolute atomic E-state index is 12.1. The van der Waals surface area contributed by atoms with Crippen LogP contribution in [0, 0.1) is 11.3 Å². The summed E-state index contributed by atoms with van der Waals surface area (Å²) in [7, 11) is 1.28. The average molecular weight is 321 g/mol. The molecule has 0 radical (unpaired) electrons. The van der Waals surface area contributed by atoms with Crippen molar-refractivity contribution in [3.63, 3.8) is 0 Å². The van der Waals surface area contributed by atoms with E-state index in [1.807, 2.05) is 6.07 Å². The third-order valence-corrected chi connectivity index (χ3v) is 3.17. The van der Waals surface area contributed by atoms with E-state index in [9.17, 15) is 9.59 Å². The van der Waals surface area contributed by atoms with Gasteiger partial charge < -0.3 is 9.47 Å². The number of carbonyl (C=O) groups is 2. The molecule has 0 bridgehead atoms. The molecule has 24 heavy (non-hydrogen) atoms. The molecule has 5 nitrogen and oxygen atoms in total. The minimum atomic E-state index is -0.474. The first kappa shape index (κ1) is 17.0. The lowest BCUT2D eigenvalue weighted by Crippen LogP contribution is -2.12. The SMILES string of the molecule is COC(=O)COc1ccc(C(=O)/C=C\c2cccc(C#N)c2)cc1. The fourth-order valence-corrected chi connectivity index (χ4v) is 1.90. The van der Waals surface area contributed by atoms with Crippen LogP contribution in [0.4, 0.5) is 0 Å². The molecule has 2 aromatic rings. The van der Waals surface area contributed by atoms with Gasteiger partial charge in [0.2, 0.25) is 0 Å². The third-order valence-electron chi connectivity index (χ3n) is 3.17. The van der Waals surface area contributed by atoms with Crippen LogP contribution in [0.5, 0.6) is 5.75 Å². The first-order chi connectivity index (χ1) is 11.6. The molecule has 5 heteroatoms. The molecular weight excluding hydrogens is 306 g/mol. The standard InChI is InChI=1S/C19H15NO4/c1-23-19(22)13-24-17-8-6-16(7-9-17)18(21)10-5-14-3-2-4-15(11-14)12-20/h2-11H,13H2,1H3/b10-5-. The number of ether oxygens (including phenoxy) is 2. The number of ketones is 1. The smallest absolute Gasteiger partial charge is 0.343 e. The van der Waals surface area contributed by atoms with Crippen LogP contribution in [0.25, 0.3) is 6.08 Å². The zero-order valence-corrected chi connectivity index (χ0v) is 13.1. The Hall–Kier alpha value is -3.39. The van der Waals surface area contributed by atoms with Crippen LogP contribution in [0.3, 0.4) is 0 Å². The van der Waals surface area contributed by atoms with Crippen LogP contribution in [0.1, 0.15) is 21.5 Å². The lowest BCUT2D eigenvalue weighted by Gasteiger charge is -2.04. The molecule has 0 atom stereocenters. The highest BCUT2D eigenvalue weighted by molar-refractivity contribution is 6.06. The summed E-state index contributed by atoms with van der Waals surface area (Å²) in [5, 5.41) is 8.86. The average Bonchev–Trinajstić information content (AvgIpc) is 2.64. The Labute approximate surface area is 139 Å². The van der Waals surface area contributed by atoms with Gasteiger partial charge >= 0.3 is 5.97 Å². The summed E-state index contributed by atoms with van der Waals surface area (Å²) in [6.07, 6.45) is 3.10. The summed E-state index contributed by atoms with van der Waals surface area (Å²) >= 11 is 0. The van der Waals surface area contributed by atoms with Crippen molar-refractivity contribution in [1.29, 1.82) is 5.26 Å². The number of hydrogen-bond acceptors (Lipinski definition) is 5. The molecule has 2 rings (SSSR count). The number of esters is 1. The summed E-state index contributed by atoms with van der Waals surface area (Å²) in [4.78, 5) is 23.1. The number of methoxy groups -OCH3 is 1. The second kappa shape index (κ2) is 8.30. The zero-order valence-electron chi connectivity index (χ0n) is 13.1. The molecular formula is C19H15NO4. The van der Waals surface area contributed by atoms with Gasteiger partial charge in [0.05, 0.1) is 18.7 Å². The van der Waals surface area contributed by atoms with Gasteiger partial charge in [-0.1, -0.05) is 18.2 Å². The summed E-state index contributed by atoms with van der Waals surface area (Å²) in [5.74, 6) is -0.169. The Balaban J connectivity index is 2.00. The van der Waals surface area contributed by atoms with E-state index in [-0.39, 0.29) is 12.4 Å². The van der Waals surface area contributed by atoms with Crippen molar-refractivity contribution < 1.29 is 19.1 Å². The van der Waals surface area contributed by atoms with Crippen LogP contribution in [0.15, 0.2) is 54.6 Å². The van der Waals surface area contributed by atoms with E-state index in [4.69, 9.17) is 10.00 Å². The van der Waals surface area contributed by atoms with E-state index in [0.29, 0.717) is 16.9 Å². The number of nitriles is 1. The lowest BCUT2D eigenvalue weighted by molar-refractivity contribution is -0.142. The van der Waals surface area contributed by atoms with E-state index in [1.54, 1.807) is 48.5 Å². The highest BCUT2D eigenvalue weighted by atomic mass is 16.6. The van der Waals surface area contributed by atoms with Crippen LogP contribution < -0.4 is 4.74 Å². The predicted molar refractivity (Wildman–Crippen MR) is 88.5 cm³/mol. The second-order valence-electron chi connectivity index (χ2n) is 4.82. The number of allylic oxidation sites excluding steroid dienone is 1. The molecule has 0 heterocycles. The van der Waals surface area contributed by atoms with E-state index in [1.165, 1.54) is 13.2 Å². The molecule has 2 aromatic carbocycles. The molecule has 0 aromatic heterocycles. The number of carbonyl (C=O) groups excluding carboxylic acids is 2.